The Morgan fingerprint density at radius 3 is 2.85 bits per heavy atom. The fourth-order valence-corrected chi connectivity index (χ4v) is 3.60. The third-order valence-electron chi connectivity index (χ3n) is 4.97. The Hall–Kier alpha value is -2.61. The number of benzene rings is 1. The molecule has 27 heavy (non-hydrogen) atoms. The number of nitrogens with zero attached hydrogens (tertiary/aromatic N) is 5. The monoisotopic (exact) mass is 388 g/mol. The van der Waals surface area contributed by atoms with E-state index in [0.717, 1.165) is 37.3 Å². The lowest BCUT2D eigenvalue weighted by Gasteiger charge is -2.30. The molecule has 1 saturated heterocycles. The first-order valence-electron chi connectivity index (χ1n) is 8.96. The van der Waals surface area contributed by atoms with Gasteiger partial charge in [0.1, 0.15) is 11.8 Å². The van der Waals surface area contributed by atoms with Crippen LogP contribution in [0.3, 0.4) is 0 Å². The van der Waals surface area contributed by atoms with Crippen LogP contribution in [0.15, 0.2) is 28.9 Å². The zero-order valence-corrected chi connectivity index (χ0v) is 16.0. The number of nitrogens with one attached hydrogen (secondary N) is 1. The summed E-state index contributed by atoms with van der Waals surface area (Å²) in [4.78, 5) is 19.2. The second-order valence-corrected chi connectivity index (χ2v) is 7.34. The van der Waals surface area contributed by atoms with Crippen LogP contribution in [0.2, 0.25) is 5.02 Å². The van der Waals surface area contributed by atoms with E-state index in [2.05, 4.69) is 25.4 Å². The Morgan fingerprint density at radius 2 is 2.15 bits per heavy atom. The summed E-state index contributed by atoms with van der Waals surface area (Å²) >= 11 is 6.00. The van der Waals surface area contributed by atoms with Crippen LogP contribution in [0, 0.1) is 5.92 Å². The average Bonchev–Trinajstić information content (AvgIpc) is 3.27. The molecule has 0 aliphatic carbocycles. The van der Waals surface area contributed by atoms with Crippen LogP contribution in [0.1, 0.15) is 31.6 Å². The van der Waals surface area contributed by atoms with Crippen LogP contribution >= 0.6 is 11.6 Å². The number of fused-ring (bicyclic) bond motifs is 1. The van der Waals surface area contributed by atoms with Gasteiger partial charge in [-0.25, -0.2) is 0 Å². The minimum atomic E-state index is -0.176. The maximum Gasteiger partial charge on any atom is 0.298 e. The van der Waals surface area contributed by atoms with Gasteiger partial charge in [-0.2, -0.15) is 4.98 Å². The van der Waals surface area contributed by atoms with E-state index in [1.807, 2.05) is 24.6 Å². The molecule has 3 heterocycles. The molecule has 1 atom stereocenters. The molecule has 1 unspecified atom stereocenters. The summed E-state index contributed by atoms with van der Waals surface area (Å²) in [5.74, 6) is 0.760. The number of aryl methyl sites for hydroxylation is 1. The van der Waals surface area contributed by atoms with Crippen LogP contribution in [0.25, 0.3) is 11.1 Å². The van der Waals surface area contributed by atoms with Crippen molar-refractivity contribution in [2.75, 3.05) is 18.0 Å². The second-order valence-electron chi connectivity index (χ2n) is 6.90. The molecule has 1 aromatic carbocycles. The Morgan fingerprint density at radius 1 is 1.37 bits per heavy atom. The molecule has 1 amide bonds. The first-order valence-corrected chi connectivity index (χ1v) is 9.34. The third kappa shape index (κ3) is 3.62. The van der Waals surface area contributed by atoms with Crippen LogP contribution in [0.5, 0.6) is 0 Å². The quantitative estimate of drug-likeness (QED) is 0.739. The highest BCUT2D eigenvalue weighted by molar-refractivity contribution is 6.31. The largest absolute Gasteiger partial charge is 0.423 e. The highest BCUT2D eigenvalue weighted by atomic mass is 35.5. The van der Waals surface area contributed by atoms with Gasteiger partial charge in [0, 0.05) is 37.1 Å². The maximum atomic E-state index is 12.6. The summed E-state index contributed by atoms with van der Waals surface area (Å²) in [7, 11) is 1.87. The summed E-state index contributed by atoms with van der Waals surface area (Å²) in [6.45, 7) is 3.36. The summed E-state index contributed by atoms with van der Waals surface area (Å²) in [5, 5.41) is 11.6. The van der Waals surface area contributed by atoms with Gasteiger partial charge in [0.05, 0.1) is 6.04 Å². The predicted octanol–water partition coefficient (Wildman–Crippen LogP) is 2.70. The minimum Gasteiger partial charge on any atom is -0.423 e. The number of hydrogen-bond acceptors (Lipinski definition) is 6. The van der Waals surface area contributed by atoms with Gasteiger partial charge >= 0.3 is 0 Å². The molecule has 1 N–H and O–H groups in total. The first kappa shape index (κ1) is 17.8. The molecule has 0 radical (unpaired) electrons. The molecule has 9 heteroatoms. The van der Waals surface area contributed by atoms with Crippen molar-refractivity contribution in [3.8, 4) is 0 Å². The van der Waals surface area contributed by atoms with Crippen molar-refractivity contribution >= 4 is 34.6 Å². The molecule has 8 nitrogen and oxygen atoms in total. The van der Waals surface area contributed by atoms with E-state index in [-0.39, 0.29) is 17.9 Å². The zero-order chi connectivity index (χ0) is 19.0. The highest BCUT2D eigenvalue weighted by Crippen LogP contribution is 2.28. The zero-order valence-electron chi connectivity index (χ0n) is 15.2. The molecule has 0 saturated carbocycles. The van der Waals surface area contributed by atoms with Crippen molar-refractivity contribution in [2.45, 2.75) is 25.8 Å². The van der Waals surface area contributed by atoms with Gasteiger partial charge in [0.15, 0.2) is 11.4 Å². The number of rotatable bonds is 4. The topological polar surface area (TPSA) is 89.1 Å². The average molecular weight is 389 g/mol. The molecular weight excluding hydrogens is 368 g/mol. The molecule has 1 fully saturated rings. The number of carbonyl (C=O) groups is 1. The number of hydrogen-bond donors (Lipinski definition) is 1. The minimum absolute atomic E-state index is 0.0317. The fraction of sp³-hybridized carbons (Fsp3) is 0.444. The van der Waals surface area contributed by atoms with Crippen molar-refractivity contribution in [3.05, 3.63) is 35.4 Å². The first-order chi connectivity index (χ1) is 13.0. The van der Waals surface area contributed by atoms with E-state index in [9.17, 15) is 4.79 Å². The van der Waals surface area contributed by atoms with Gasteiger partial charge in [-0.1, -0.05) is 11.6 Å². The van der Waals surface area contributed by atoms with E-state index in [1.54, 1.807) is 18.5 Å². The lowest BCUT2D eigenvalue weighted by molar-refractivity contribution is -0.126. The van der Waals surface area contributed by atoms with Gasteiger partial charge in [0.25, 0.3) is 6.01 Å². The molecule has 2 aromatic heterocycles. The molecule has 0 bridgehead atoms. The van der Waals surface area contributed by atoms with E-state index in [4.69, 9.17) is 16.0 Å². The highest BCUT2D eigenvalue weighted by Gasteiger charge is 2.28. The van der Waals surface area contributed by atoms with E-state index >= 15 is 0 Å². The number of anilines is 1. The molecule has 0 spiro atoms. The van der Waals surface area contributed by atoms with E-state index < -0.39 is 0 Å². The normalized spacial score (nSPS) is 16.6. The second kappa shape index (κ2) is 7.19. The molecule has 1 aliphatic heterocycles. The summed E-state index contributed by atoms with van der Waals surface area (Å²) in [5.41, 5.74) is 1.46. The molecule has 3 aromatic rings. The SMILES string of the molecule is CC(NC(=O)C1CCN(c2nc3ccc(Cl)cc3o2)CC1)c1nncn1C. The molecular formula is C18H21ClN6O2. The molecule has 142 valence electrons. The number of oxazole rings is 1. The third-order valence-corrected chi connectivity index (χ3v) is 5.20. The van der Waals surface area contributed by atoms with E-state index in [0.29, 0.717) is 16.6 Å². The maximum absolute atomic E-state index is 12.6. The summed E-state index contributed by atoms with van der Waals surface area (Å²) < 4.78 is 7.64. The number of carbonyl (C=O) groups excluding carboxylic acids is 1. The van der Waals surface area contributed by atoms with Gasteiger partial charge in [-0.15, -0.1) is 10.2 Å². The molecule has 4 rings (SSSR count). The standard InChI is InChI=1S/C18H21ClN6O2/c1-11(16-23-20-10-24(16)2)21-17(26)12-5-7-25(8-6-12)18-22-14-4-3-13(19)9-15(14)27-18/h3-4,9-12H,5-8H2,1-2H3,(H,21,26). The van der Waals surface area contributed by atoms with Crippen LogP contribution in [-0.2, 0) is 11.8 Å². The lowest BCUT2D eigenvalue weighted by Crippen LogP contribution is -2.41. The number of piperidine rings is 1. The van der Waals surface area contributed by atoms with Gasteiger partial charge in [0.2, 0.25) is 5.91 Å². The molecule has 1 aliphatic rings. The summed E-state index contributed by atoms with van der Waals surface area (Å²) in [6, 6.07) is 5.81. The van der Waals surface area contributed by atoms with E-state index in [1.165, 1.54) is 0 Å². The van der Waals surface area contributed by atoms with Crippen molar-refractivity contribution < 1.29 is 9.21 Å². The smallest absolute Gasteiger partial charge is 0.298 e. The fourth-order valence-electron chi connectivity index (χ4n) is 3.43. The predicted molar refractivity (Wildman–Crippen MR) is 102 cm³/mol. The Balaban J connectivity index is 1.36. The van der Waals surface area contributed by atoms with Gasteiger partial charge in [-0.3, -0.25) is 4.79 Å². The van der Waals surface area contributed by atoms with Gasteiger partial charge in [-0.05, 0) is 31.9 Å². The van der Waals surface area contributed by atoms with Crippen molar-refractivity contribution in [3.63, 3.8) is 0 Å². The summed E-state index contributed by atoms with van der Waals surface area (Å²) in [6.07, 6.45) is 3.12. The Bertz CT molecular complexity index is 960. The van der Waals surface area contributed by atoms with Gasteiger partial charge < -0.3 is 19.2 Å². The van der Waals surface area contributed by atoms with Crippen molar-refractivity contribution in [2.24, 2.45) is 13.0 Å². The van der Waals surface area contributed by atoms with Crippen LogP contribution in [-0.4, -0.2) is 38.7 Å². The van der Waals surface area contributed by atoms with Crippen LogP contribution in [0.4, 0.5) is 6.01 Å². The number of amides is 1. The number of halogens is 1. The Labute approximate surface area is 161 Å². The number of aromatic nitrogens is 4. The van der Waals surface area contributed by atoms with Crippen LogP contribution < -0.4 is 10.2 Å². The Kier molecular flexibility index (Phi) is 4.73. The lowest BCUT2D eigenvalue weighted by atomic mass is 9.96. The van der Waals surface area contributed by atoms with Crippen molar-refractivity contribution in [1.29, 1.82) is 0 Å². The van der Waals surface area contributed by atoms with Crippen molar-refractivity contribution in [1.82, 2.24) is 25.1 Å².